The molecular weight excluding hydrogens is 198 g/mol. The molecule has 0 saturated carbocycles. The molecule has 1 N–H and O–H groups in total. The summed E-state index contributed by atoms with van der Waals surface area (Å²) in [5.74, 6) is 1.92. The molecule has 0 amide bonds. The Labute approximate surface area is 97.9 Å². The first-order valence-electron chi connectivity index (χ1n) is 6.11. The van der Waals surface area contributed by atoms with Gasteiger partial charge in [-0.3, -0.25) is 4.90 Å². The van der Waals surface area contributed by atoms with Crippen molar-refractivity contribution in [2.24, 2.45) is 11.8 Å². The molecule has 0 bridgehead atoms. The van der Waals surface area contributed by atoms with E-state index in [0.717, 1.165) is 24.9 Å². The SMILES string of the molecule is CC1CN(C(C)c2cccc(O)c2)CC1C. The van der Waals surface area contributed by atoms with Gasteiger partial charge in [-0.25, -0.2) is 0 Å². The molecule has 0 aromatic heterocycles. The third-order valence-corrected chi connectivity index (χ3v) is 3.92. The molecule has 2 heteroatoms. The van der Waals surface area contributed by atoms with E-state index in [0.29, 0.717) is 11.8 Å². The molecule has 0 aliphatic carbocycles. The van der Waals surface area contributed by atoms with Crippen molar-refractivity contribution in [3.8, 4) is 5.75 Å². The van der Waals surface area contributed by atoms with Crippen LogP contribution in [-0.2, 0) is 0 Å². The summed E-state index contributed by atoms with van der Waals surface area (Å²) in [5, 5.41) is 9.49. The number of hydrogen-bond donors (Lipinski definition) is 1. The molecular formula is C14H21NO. The Kier molecular flexibility index (Phi) is 3.20. The van der Waals surface area contributed by atoms with Crippen LogP contribution in [0.1, 0.15) is 32.4 Å². The maximum Gasteiger partial charge on any atom is 0.115 e. The van der Waals surface area contributed by atoms with Crippen molar-refractivity contribution in [2.45, 2.75) is 26.8 Å². The van der Waals surface area contributed by atoms with Gasteiger partial charge in [0.15, 0.2) is 0 Å². The summed E-state index contributed by atoms with van der Waals surface area (Å²) in [6, 6.07) is 8.02. The topological polar surface area (TPSA) is 23.5 Å². The molecule has 3 unspecified atom stereocenters. The minimum atomic E-state index is 0.365. The molecule has 1 aliphatic heterocycles. The van der Waals surface area contributed by atoms with E-state index in [2.05, 4.69) is 31.7 Å². The molecule has 0 radical (unpaired) electrons. The van der Waals surface area contributed by atoms with E-state index in [1.807, 2.05) is 12.1 Å². The number of hydrogen-bond acceptors (Lipinski definition) is 2. The van der Waals surface area contributed by atoms with Crippen LogP contribution >= 0.6 is 0 Å². The highest BCUT2D eigenvalue weighted by Gasteiger charge is 2.29. The number of phenolic OH excluding ortho intramolecular Hbond substituents is 1. The maximum absolute atomic E-state index is 9.49. The Bertz CT molecular complexity index is 354. The molecule has 1 heterocycles. The molecule has 0 spiro atoms. The predicted molar refractivity (Wildman–Crippen MR) is 66.4 cm³/mol. The number of likely N-dealkylation sites (tertiary alicyclic amines) is 1. The molecule has 1 fully saturated rings. The van der Waals surface area contributed by atoms with Gasteiger partial charge in [0, 0.05) is 19.1 Å². The van der Waals surface area contributed by atoms with Gasteiger partial charge in [-0.2, -0.15) is 0 Å². The summed E-state index contributed by atoms with van der Waals surface area (Å²) >= 11 is 0. The van der Waals surface area contributed by atoms with Crippen LogP contribution in [0.2, 0.25) is 0 Å². The second kappa shape index (κ2) is 4.46. The fourth-order valence-electron chi connectivity index (χ4n) is 2.49. The molecule has 3 atom stereocenters. The minimum absolute atomic E-state index is 0.365. The largest absolute Gasteiger partial charge is 0.508 e. The van der Waals surface area contributed by atoms with E-state index in [1.165, 1.54) is 5.56 Å². The molecule has 2 rings (SSSR count). The Hall–Kier alpha value is -1.02. The average Bonchev–Trinajstić information content (AvgIpc) is 2.58. The smallest absolute Gasteiger partial charge is 0.115 e. The van der Waals surface area contributed by atoms with Gasteiger partial charge in [-0.15, -0.1) is 0 Å². The van der Waals surface area contributed by atoms with E-state index in [4.69, 9.17) is 0 Å². The third kappa shape index (κ3) is 2.22. The lowest BCUT2D eigenvalue weighted by Crippen LogP contribution is -2.24. The first-order valence-corrected chi connectivity index (χ1v) is 6.11. The van der Waals surface area contributed by atoms with Crippen LogP contribution in [0.25, 0.3) is 0 Å². The lowest BCUT2D eigenvalue weighted by Gasteiger charge is -2.24. The van der Waals surface area contributed by atoms with Gasteiger partial charge in [-0.1, -0.05) is 26.0 Å². The Morgan fingerprint density at radius 1 is 1.25 bits per heavy atom. The lowest BCUT2D eigenvalue weighted by molar-refractivity contribution is 0.251. The van der Waals surface area contributed by atoms with E-state index in [9.17, 15) is 5.11 Å². The van der Waals surface area contributed by atoms with Crippen LogP contribution in [0.4, 0.5) is 0 Å². The van der Waals surface area contributed by atoms with Gasteiger partial charge in [0.05, 0.1) is 0 Å². The fourth-order valence-corrected chi connectivity index (χ4v) is 2.49. The van der Waals surface area contributed by atoms with E-state index < -0.39 is 0 Å². The number of rotatable bonds is 2. The van der Waals surface area contributed by atoms with Crippen molar-refractivity contribution < 1.29 is 5.11 Å². The monoisotopic (exact) mass is 219 g/mol. The van der Waals surface area contributed by atoms with Crippen LogP contribution in [0.15, 0.2) is 24.3 Å². The van der Waals surface area contributed by atoms with Gasteiger partial charge < -0.3 is 5.11 Å². The Morgan fingerprint density at radius 3 is 2.44 bits per heavy atom. The van der Waals surface area contributed by atoms with E-state index >= 15 is 0 Å². The van der Waals surface area contributed by atoms with Crippen molar-refractivity contribution in [1.29, 1.82) is 0 Å². The Balaban J connectivity index is 2.11. The van der Waals surface area contributed by atoms with Crippen molar-refractivity contribution in [2.75, 3.05) is 13.1 Å². The molecule has 88 valence electrons. The first kappa shape index (κ1) is 11.5. The van der Waals surface area contributed by atoms with Gasteiger partial charge >= 0.3 is 0 Å². The fraction of sp³-hybridized carbons (Fsp3) is 0.571. The minimum Gasteiger partial charge on any atom is -0.508 e. The summed E-state index contributed by atoms with van der Waals surface area (Å²) in [6.45, 7) is 9.19. The highest BCUT2D eigenvalue weighted by atomic mass is 16.3. The highest BCUT2D eigenvalue weighted by Crippen LogP contribution is 2.31. The summed E-state index contributed by atoms with van der Waals surface area (Å²) in [6.07, 6.45) is 0. The zero-order valence-electron chi connectivity index (χ0n) is 10.4. The lowest BCUT2D eigenvalue weighted by atomic mass is 10.0. The average molecular weight is 219 g/mol. The van der Waals surface area contributed by atoms with Crippen molar-refractivity contribution in [1.82, 2.24) is 4.90 Å². The van der Waals surface area contributed by atoms with Gasteiger partial charge in [-0.05, 0) is 36.5 Å². The molecule has 1 aliphatic rings. The third-order valence-electron chi connectivity index (χ3n) is 3.92. The Morgan fingerprint density at radius 2 is 1.88 bits per heavy atom. The molecule has 1 aromatic rings. The van der Waals surface area contributed by atoms with Crippen molar-refractivity contribution >= 4 is 0 Å². The van der Waals surface area contributed by atoms with Crippen molar-refractivity contribution in [3.63, 3.8) is 0 Å². The number of nitrogens with zero attached hydrogens (tertiary/aromatic N) is 1. The van der Waals surface area contributed by atoms with E-state index in [1.54, 1.807) is 6.07 Å². The van der Waals surface area contributed by atoms with Crippen LogP contribution in [0.3, 0.4) is 0 Å². The second-order valence-corrected chi connectivity index (χ2v) is 5.18. The van der Waals surface area contributed by atoms with Gasteiger partial charge in [0.25, 0.3) is 0 Å². The summed E-state index contributed by atoms with van der Waals surface area (Å²) in [5.41, 5.74) is 1.21. The van der Waals surface area contributed by atoms with Crippen LogP contribution < -0.4 is 0 Å². The summed E-state index contributed by atoms with van der Waals surface area (Å²) < 4.78 is 0. The molecule has 1 saturated heterocycles. The molecule has 2 nitrogen and oxygen atoms in total. The summed E-state index contributed by atoms with van der Waals surface area (Å²) in [4.78, 5) is 2.50. The maximum atomic E-state index is 9.49. The van der Waals surface area contributed by atoms with Crippen molar-refractivity contribution in [3.05, 3.63) is 29.8 Å². The quantitative estimate of drug-likeness (QED) is 0.826. The molecule has 16 heavy (non-hydrogen) atoms. The van der Waals surface area contributed by atoms with Gasteiger partial charge in [0.2, 0.25) is 0 Å². The number of benzene rings is 1. The van der Waals surface area contributed by atoms with Gasteiger partial charge in [0.1, 0.15) is 5.75 Å². The second-order valence-electron chi connectivity index (χ2n) is 5.18. The standard InChI is InChI=1S/C14H21NO/c1-10-8-15(9-11(10)2)12(3)13-5-4-6-14(16)7-13/h4-7,10-12,16H,8-9H2,1-3H3. The van der Waals surface area contributed by atoms with E-state index in [-0.39, 0.29) is 0 Å². The highest BCUT2D eigenvalue weighted by molar-refractivity contribution is 5.29. The predicted octanol–water partition coefficient (Wildman–Crippen LogP) is 3.04. The first-order chi connectivity index (χ1) is 7.58. The molecule has 1 aromatic carbocycles. The number of aromatic hydroxyl groups is 1. The zero-order chi connectivity index (χ0) is 11.7. The normalized spacial score (nSPS) is 28.2. The van der Waals surface area contributed by atoms with Crippen LogP contribution in [0, 0.1) is 11.8 Å². The van der Waals surface area contributed by atoms with Crippen LogP contribution in [0.5, 0.6) is 5.75 Å². The number of phenols is 1. The zero-order valence-corrected chi connectivity index (χ0v) is 10.4. The summed E-state index contributed by atoms with van der Waals surface area (Å²) in [7, 11) is 0. The van der Waals surface area contributed by atoms with Crippen LogP contribution in [-0.4, -0.2) is 23.1 Å².